The van der Waals surface area contributed by atoms with Crippen LogP contribution in [0.1, 0.15) is 0 Å². The molecule has 2 amide bonds. The predicted molar refractivity (Wildman–Crippen MR) is 78.4 cm³/mol. The smallest absolute Gasteiger partial charge is 0.320 e. The normalized spacial score (nSPS) is 10.6. The van der Waals surface area contributed by atoms with Gasteiger partial charge in [-0.3, -0.25) is 5.32 Å². The molecule has 108 valence electrons. The van der Waals surface area contributed by atoms with Crippen LogP contribution in [-0.4, -0.2) is 38.0 Å². The minimum Gasteiger partial charge on any atom is -0.497 e. The van der Waals surface area contributed by atoms with Crippen molar-refractivity contribution in [2.24, 2.45) is 7.05 Å². The molecule has 0 aliphatic rings. The first-order chi connectivity index (χ1) is 9.65. The van der Waals surface area contributed by atoms with Crippen LogP contribution in [0.15, 0.2) is 24.3 Å². The second kappa shape index (κ2) is 6.29. The molecular weight excluding hydrogens is 258 g/mol. The van der Waals surface area contributed by atoms with Crippen LogP contribution in [-0.2, 0) is 11.8 Å². The molecule has 0 unspecified atom stereocenters. The molecule has 0 saturated heterocycles. The molecule has 0 saturated carbocycles. The third-order valence-electron chi connectivity index (χ3n) is 3.09. The number of urea groups is 1. The number of hydrogen-bond acceptors (Lipinski definition) is 3. The number of amides is 2. The van der Waals surface area contributed by atoms with Crippen molar-refractivity contribution in [3.05, 3.63) is 24.3 Å². The summed E-state index contributed by atoms with van der Waals surface area (Å²) in [4.78, 5) is 11.7. The maximum Gasteiger partial charge on any atom is 0.320 e. The molecule has 0 atom stereocenters. The second-order valence-electron chi connectivity index (χ2n) is 4.39. The lowest BCUT2D eigenvalue weighted by molar-refractivity contribution is 0.198. The number of benzene rings is 1. The quantitative estimate of drug-likeness (QED) is 0.821. The number of nitrogens with one attached hydrogen (secondary N) is 2. The molecule has 0 aliphatic heterocycles. The van der Waals surface area contributed by atoms with E-state index in [0.29, 0.717) is 13.2 Å². The summed E-state index contributed by atoms with van der Waals surface area (Å²) in [7, 11) is 5.12. The van der Waals surface area contributed by atoms with Gasteiger partial charge in [-0.1, -0.05) is 0 Å². The number of aromatic nitrogens is 1. The van der Waals surface area contributed by atoms with Gasteiger partial charge in [0.2, 0.25) is 0 Å². The molecule has 1 heterocycles. The molecule has 0 spiro atoms. The topological polar surface area (TPSA) is 64.5 Å². The highest BCUT2D eigenvalue weighted by molar-refractivity contribution is 5.94. The molecule has 6 heteroatoms. The van der Waals surface area contributed by atoms with E-state index in [1.165, 1.54) is 0 Å². The van der Waals surface area contributed by atoms with E-state index in [-0.39, 0.29) is 6.03 Å². The van der Waals surface area contributed by atoms with Gasteiger partial charge in [-0.25, -0.2) is 4.79 Å². The van der Waals surface area contributed by atoms with Crippen LogP contribution in [0.2, 0.25) is 0 Å². The number of hydrogen-bond donors (Lipinski definition) is 2. The van der Waals surface area contributed by atoms with Gasteiger partial charge in [0.25, 0.3) is 0 Å². The molecular formula is C14H19N3O3. The summed E-state index contributed by atoms with van der Waals surface area (Å²) in [6.07, 6.45) is 0. The molecule has 0 fully saturated rings. The number of rotatable bonds is 5. The number of nitrogens with zero attached hydrogens (tertiary/aromatic N) is 1. The van der Waals surface area contributed by atoms with Crippen molar-refractivity contribution in [3.63, 3.8) is 0 Å². The van der Waals surface area contributed by atoms with Gasteiger partial charge in [-0.05, 0) is 18.2 Å². The molecule has 1 aromatic carbocycles. The first kappa shape index (κ1) is 14.2. The van der Waals surface area contributed by atoms with E-state index in [2.05, 4.69) is 10.6 Å². The Morgan fingerprint density at radius 3 is 2.80 bits per heavy atom. The monoisotopic (exact) mass is 277 g/mol. The predicted octanol–water partition coefficient (Wildman–Crippen LogP) is 1.95. The Kier molecular flexibility index (Phi) is 4.47. The number of fused-ring (bicyclic) bond motifs is 1. The highest BCUT2D eigenvalue weighted by Gasteiger charge is 2.09. The van der Waals surface area contributed by atoms with Crippen LogP contribution in [0.4, 0.5) is 10.6 Å². The van der Waals surface area contributed by atoms with Gasteiger partial charge in [0.1, 0.15) is 11.6 Å². The van der Waals surface area contributed by atoms with E-state index in [0.717, 1.165) is 22.5 Å². The number of carbonyl (C=O) groups excluding carboxylic acids is 1. The molecule has 0 bridgehead atoms. The fraction of sp³-hybridized carbons (Fsp3) is 0.357. The Bertz CT molecular complexity index is 607. The van der Waals surface area contributed by atoms with E-state index >= 15 is 0 Å². The van der Waals surface area contributed by atoms with Crippen molar-refractivity contribution in [2.45, 2.75) is 0 Å². The number of anilines is 1. The van der Waals surface area contributed by atoms with E-state index < -0.39 is 0 Å². The van der Waals surface area contributed by atoms with E-state index in [9.17, 15) is 4.79 Å². The highest BCUT2D eigenvalue weighted by atomic mass is 16.5. The summed E-state index contributed by atoms with van der Waals surface area (Å²) < 4.78 is 12.0. The van der Waals surface area contributed by atoms with E-state index in [1.54, 1.807) is 14.2 Å². The van der Waals surface area contributed by atoms with Crippen LogP contribution in [0.3, 0.4) is 0 Å². The summed E-state index contributed by atoms with van der Waals surface area (Å²) in [5.74, 6) is 1.51. The number of aryl methyl sites for hydroxylation is 1. The van der Waals surface area contributed by atoms with Gasteiger partial charge in [0, 0.05) is 32.2 Å². The maximum absolute atomic E-state index is 11.7. The number of ether oxygens (including phenoxy) is 2. The van der Waals surface area contributed by atoms with Gasteiger partial charge in [0.15, 0.2) is 0 Å². The van der Waals surface area contributed by atoms with Crippen LogP contribution < -0.4 is 15.4 Å². The van der Waals surface area contributed by atoms with Crippen molar-refractivity contribution in [2.75, 3.05) is 32.7 Å². The zero-order valence-corrected chi connectivity index (χ0v) is 11.9. The van der Waals surface area contributed by atoms with Crippen LogP contribution in [0.25, 0.3) is 10.9 Å². The standard InChI is InChI=1S/C14H19N3O3/c1-17-12-9-11(20-3)5-4-10(12)8-13(17)16-14(18)15-6-7-19-2/h4-5,8-9H,6-7H2,1-3H3,(H2,15,16,18). The molecule has 0 aliphatic carbocycles. The Balaban J connectivity index is 2.14. The minimum absolute atomic E-state index is 0.250. The summed E-state index contributed by atoms with van der Waals surface area (Å²) in [5, 5.41) is 6.57. The largest absolute Gasteiger partial charge is 0.497 e. The third kappa shape index (κ3) is 3.03. The van der Waals surface area contributed by atoms with Gasteiger partial charge in [-0.2, -0.15) is 0 Å². The molecule has 2 aromatic rings. The van der Waals surface area contributed by atoms with E-state index in [4.69, 9.17) is 9.47 Å². The van der Waals surface area contributed by atoms with Crippen molar-refractivity contribution < 1.29 is 14.3 Å². The summed E-state index contributed by atoms with van der Waals surface area (Å²) in [6, 6.07) is 7.46. The average Bonchev–Trinajstić information content (AvgIpc) is 2.75. The van der Waals surface area contributed by atoms with E-state index in [1.807, 2.05) is 35.9 Å². The summed E-state index contributed by atoms with van der Waals surface area (Å²) in [6.45, 7) is 0.958. The first-order valence-corrected chi connectivity index (χ1v) is 6.33. The number of methoxy groups -OCH3 is 2. The number of carbonyl (C=O) groups is 1. The fourth-order valence-corrected chi connectivity index (χ4v) is 1.98. The Hall–Kier alpha value is -2.21. The van der Waals surface area contributed by atoms with Crippen molar-refractivity contribution >= 4 is 22.8 Å². The van der Waals surface area contributed by atoms with Crippen LogP contribution in [0.5, 0.6) is 5.75 Å². The van der Waals surface area contributed by atoms with Gasteiger partial charge < -0.3 is 19.4 Å². The zero-order chi connectivity index (χ0) is 14.5. The molecule has 1 aromatic heterocycles. The zero-order valence-electron chi connectivity index (χ0n) is 11.9. The van der Waals surface area contributed by atoms with Crippen LogP contribution in [0, 0.1) is 0 Å². The lowest BCUT2D eigenvalue weighted by atomic mass is 10.2. The second-order valence-corrected chi connectivity index (χ2v) is 4.39. The lowest BCUT2D eigenvalue weighted by Crippen LogP contribution is -2.31. The molecule has 6 nitrogen and oxygen atoms in total. The maximum atomic E-state index is 11.7. The molecule has 0 radical (unpaired) electrons. The van der Waals surface area contributed by atoms with Crippen LogP contribution >= 0.6 is 0 Å². The molecule has 2 N–H and O–H groups in total. The summed E-state index contributed by atoms with van der Waals surface area (Å²) in [5.41, 5.74) is 0.997. The summed E-state index contributed by atoms with van der Waals surface area (Å²) >= 11 is 0. The van der Waals surface area contributed by atoms with Crippen molar-refractivity contribution in [3.8, 4) is 5.75 Å². The SMILES string of the molecule is COCCNC(=O)Nc1cc2ccc(OC)cc2n1C. The fourth-order valence-electron chi connectivity index (χ4n) is 1.98. The molecule has 2 rings (SSSR count). The van der Waals surface area contributed by atoms with Gasteiger partial charge >= 0.3 is 6.03 Å². The van der Waals surface area contributed by atoms with Gasteiger partial charge in [0.05, 0.1) is 19.2 Å². The lowest BCUT2D eigenvalue weighted by Gasteiger charge is -2.08. The Labute approximate surface area is 117 Å². The Morgan fingerprint density at radius 2 is 2.10 bits per heavy atom. The average molecular weight is 277 g/mol. The molecule has 20 heavy (non-hydrogen) atoms. The Morgan fingerprint density at radius 1 is 1.30 bits per heavy atom. The third-order valence-corrected chi connectivity index (χ3v) is 3.09. The van der Waals surface area contributed by atoms with Crippen molar-refractivity contribution in [1.82, 2.24) is 9.88 Å². The van der Waals surface area contributed by atoms with Crippen molar-refractivity contribution in [1.29, 1.82) is 0 Å². The minimum atomic E-state index is -0.250. The first-order valence-electron chi connectivity index (χ1n) is 6.33. The highest BCUT2D eigenvalue weighted by Crippen LogP contribution is 2.26. The van der Waals surface area contributed by atoms with Gasteiger partial charge in [-0.15, -0.1) is 0 Å².